The molecule has 210 valence electrons. The summed E-state index contributed by atoms with van der Waals surface area (Å²) in [7, 11) is 2.66. The van der Waals surface area contributed by atoms with Crippen LogP contribution in [-0.2, 0) is 35.1 Å². The maximum Gasteiger partial charge on any atom is 0.410 e. The number of rotatable bonds is 9. The van der Waals surface area contributed by atoms with Crippen molar-refractivity contribution in [3.05, 3.63) is 29.8 Å². The first-order valence-corrected chi connectivity index (χ1v) is 12.4. The second kappa shape index (κ2) is 13.1. The monoisotopic (exact) mass is 534 g/mol. The summed E-state index contributed by atoms with van der Waals surface area (Å²) in [5.74, 6) is -2.11. The van der Waals surface area contributed by atoms with Crippen molar-refractivity contribution in [3.63, 3.8) is 0 Å². The van der Waals surface area contributed by atoms with E-state index in [1.165, 1.54) is 36.1 Å². The normalized spacial score (nSPS) is 16.7. The topological polar surface area (TPSA) is 155 Å². The van der Waals surface area contributed by atoms with Gasteiger partial charge < -0.3 is 30.1 Å². The van der Waals surface area contributed by atoms with Crippen molar-refractivity contribution in [1.82, 2.24) is 20.4 Å². The number of benzene rings is 1. The van der Waals surface area contributed by atoms with Crippen LogP contribution in [0.2, 0.25) is 0 Å². The molecule has 1 aliphatic heterocycles. The Kier molecular flexibility index (Phi) is 10.5. The van der Waals surface area contributed by atoms with Gasteiger partial charge in [0.05, 0.1) is 13.7 Å². The number of nitrogens with zero attached hydrogens (tertiary/aromatic N) is 2. The van der Waals surface area contributed by atoms with Crippen LogP contribution in [0.4, 0.5) is 4.79 Å². The minimum Gasteiger partial charge on any atom is -0.508 e. The molecule has 12 heteroatoms. The predicted molar refractivity (Wildman–Crippen MR) is 137 cm³/mol. The van der Waals surface area contributed by atoms with Gasteiger partial charge in [0, 0.05) is 20.0 Å². The van der Waals surface area contributed by atoms with E-state index in [2.05, 4.69) is 10.6 Å². The molecule has 38 heavy (non-hydrogen) atoms. The molecule has 2 rings (SSSR count). The highest BCUT2D eigenvalue weighted by atomic mass is 16.6. The summed E-state index contributed by atoms with van der Waals surface area (Å²) in [6, 6.07) is 3.51. The Labute approximate surface area is 222 Å². The summed E-state index contributed by atoms with van der Waals surface area (Å²) in [4.78, 5) is 65.6. The zero-order valence-electron chi connectivity index (χ0n) is 22.8. The van der Waals surface area contributed by atoms with Crippen LogP contribution in [0, 0.1) is 0 Å². The van der Waals surface area contributed by atoms with Gasteiger partial charge in [0.2, 0.25) is 17.7 Å². The molecule has 4 amide bonds. The molecule has 0 radical (unpaired) electrons. The van der Waals surface area contributed by atoms with Crippen LogP contribution in [0.5, 0.6) is 5.75 Å². The van der Waals surface area contributed by atoms with Gasteiger partial charge in [0.15, 0.2) is 0 Å². The zero-order chi connectivity index (χ0) is 28.6. The smallest absolute Gasteiger partial charge is 0.410 e. The number of amides is 4. The molecule has 1 saturated heterocycles. The van der Waals surface area contributed by atoms with Gasteiger partial charge in [-0.1, -0.05) is 12.1 Å². The standard InChI is InChI=1S/C26H38N4O8/c1-16(29(5)25(36)38-26(2,3)4)23(34)30-13-7-8-20(30)22(33)27-15-21(32)28-19(24(35)37-6)14-17-9-11-18(31)12-10-17/h9-12,16,19-20,31H,7-8,13-15H2,1-6H3,(H,27,33)(H,28,32)/t16-,19-,20-/m0/s1. The van der Waals surface area contributed by atoms with Crippen LogP contribution in [0.25, 0.3) is 0 Å². The van der Waals surface area contributed by atoms with E-state index >= 15 is 0 Å². The Morgan fingerprint density at radius 2 is 1.79 bits per heavy atom. The summed E-state index contributed by atoms with van der Waals surface area (Å²) < 4.78 is 10.1. The quantitative estimate of drug-likeness (QED) is 0.396. The number of likely N-dealkylation sites (tertiary alicyclic amines) is 1. The summed E-state index contributed by atoms with van der Waals surface area (Å²) in [6.07, 6.45) is 0.479. The Morgan fingerprint density at radius 3 is 2.37 bits per heavy atom. The number of ether oxygens (including phenoxy) is 2. The predicted octanol–water partition coefficient (Wildman–Crippen LogP) is 0.955. The van der Waals surface area contributed by atoms with Gasteiger partial charge in [0.1, 0.15) is 29.5 Å². The fourth-order valence-electron chi connectivity index (χ4n) is 3.93. The molecule has 0 unspecified atom stereocenters. The van der Waals surface area contributed by atoms with Gasteiger partial charge in [-0.3, -0.25) is 19.3 Å². The van der Waals surface area contributed by atoms with Gasteiger partial charge in [-0.2, -0.15) is 0 Å². The molecule has 1 aromatic carbocycles. The number of hydrogen-bond acceptors (Lipinski definition) is 8. The van der Waals surface area contributed by atoms with Gasteiger partial charge in [-0.05, 0) is 58.2 Å². The van der Waals surface area contributed by atoms with Crippen LogP contribution in [0.1, 0.15) is 46.1 Å². The van der Waals surface area contributed by atoms with Gasteiger partial charge in [-0.15, -0.1) is 0 Å². The third-order valence-corrected chi connectivity index (χ3v) is 6.08. The minimum absolute atomic E-state index is 0.0698. The van der Waals surface area contributed by atoms with E-state index in [1.54, 1.807) is 39.8 Å². The molecule has 1 fully saturated rings. The Hall–Kier alpha value is -3.83. The van der Waals surface area contributed by atoms with E-state index in [9.17, 15) is 29.1 Å². The van der Waals surface area contributed by atoms with E-state index in [1.807, 2.05) is 0 Å². The SMILES string of the molecule is COC(=O)[C@H](Cc1ccc(O)cc1)NC(=O)CNC(=O)[C@@H]1CCCN1C(=O)[C@H](C)N(C)C(=O)OC(C)(C)C. The molecule has 0 aliphatic carbocycles. The number of likely N-dealkylation sites (N-methyl/N-ethyl adjacent to an activating group) is 1. The van der Waals surface area contributed by atoms with Gasteiger partial charge >= 0.3 is 12.1 Å². The van der Waals surface area contributed by atoms with Crippen molar-refractivity contribution in [2.75, 3.05) is 27.2 Å². The van der Waals surface area contributed by atoms with Crippen LogP contribution >= 0.6 is 0 Å². The average Bonchev–Trinajstić information content (AvgIpc) is 3.35. The van der Waals surface area contributed by atoms with Crippen molar-refractivity contribution >= 4 is 29.8 Å². The van der Waals surface area contributed by atoms with Crippen molar-refractivity contribution in [3.8, 4) is 5.75 Å². The molecular weight excluding hydrogens is 496 g/mol. The number of carbonyl (C=O) groups excluding carboxylic acids is 5. The van der Waals surface area contributed by atoms with Gasteiger partial charge in [-0.25, -0.2) is 9.59 Å². The first-order valence-electron chi connectivity index (χ1n) is 12.4. The van der Waals surface area contributed by atoms with Crippen molar-refractivity contribution in [1.29, 1.82) is 0 Å². The van der Waals surface area contributed by atoms with Crippen LogP contribution in [0.15, 0.2) is 24.3 Å². The Morgan fingerprint density at radius 1 is 1.16 bits per heavy atom. The highest BCUT2D eigenvalue weighted by molar-refractivity contribution is 5.93. The van der Waals surface area contributed by atoms with E-state index in [-0.39, 0.29) is 12.2 Å². The number of carbonyl (C=O) groups is 5. The highest BCUT2D eigenvalue weighted by Gasteiger charge is 2.38. The van der Waals surface area contributed by atoms with E-state index in [4.69, 9.17) is 9.47 Å². The Balaban J connectivity index is 1.95. The highest BCUT2D eigenvalue weighted by Crippen LogP contribution is 2.20. The molecule has 0 spiro atoms. The van der Waals surface area contributed by atoms with E-state index in [0.29, 0.717) is 24.9 Å². The summed E-state index contributed by atoms with van der Waals surface area (Å²) in [6.45, 7) is 6.67. The lowest BCUT2D eigenvalue weighted by molar-refractivity contribution is -0.145. The van der Waals surface area contributed by atoms with Crippen molar-refractivity contribution in [2.45, 2.75) is 70.7 Å². The number of nitrogens with one attached hydrogen (secondary N) is 2. The number of hydrogen-bond donors (Lipinski definition) is 3. The average molecular weight is 535 g/mol. The van der Waals surface area contributed by atoms with Crippen molar-refractivity contribution < 1.29 is 38.6 Å². The lowest BCUT2D eigenvalue weighted by atomic mass is 10.1. The molecule has 0 aromatic heterocycles. The third-order valence-electron chi connectivity index (χ3n) is 6.08. The molecule has 0 bridgehead atoms. The summed E-state index contributed by atoms with van der Waals surface area (Å²) in [5, 5.41) is 14.5. The maximum absolute atomic E-state index is 13.1. The lowest BCUT2D eigenvalue weighted by Gasteiger charge is -2.32. The lowest BCUT2D eigenvalue weighted by Crippen LogP contribution is -2.54. The molecule has 3 N–H and O–H groups in total. The number of phenolic OH excluding ortho intramolecular Hbond substituents is 1. The molecule has 0 saturated carbocycles. The molecular formula is C26H38N4O8. The van der Waals surface area contributed by atoms with Crippen LogP contribution in [-0.4, -0.2) is 95.7 Å². The van der Waals surface area contributed by atoms with Gasteiger partial charge in [0.25, 0.3) is 0 Å². The number of aromatic hydroxyl groups is 1. The van der Waals surface area contributed by atoms with E-state index < -0.39 is 60.1 Å². The van der Waals surface area contributed by atoms with Crippen molar-refractivity contribution in [2.24, 2.45) is 0 Å². The maximum atomic E-state index is 13.1. The molecule has 12 nitrogen and oxygen atoms in total. The molecule has 1 aromatic rings. The minimum atomic E-state index is -0.997. The number of methoxy groups -OCH3 is 1. The second-order valence-electron chi connectivity index (χ2n) is 10.2. The second-order valence-corrected chi connectivity index (χ2v) is 10.2. The fraction of sp³-hybridized carbons (Fsp3) is 0.577. The molecule has 1 heterocycles. The molecule has 1 aliphatic rings. The first kappa shape index (κ1) is 30.4. The summed E-state index contributed by atoms with van der Waals surface area (Å²) >= 11 is 0. The fourth-order valence-corrected chi connectivity index (χ4v) is 3.93. The van der Waals surface area contributed by atoms with E-state index in [0.717, 1.165) is 0 Å². The molecule has 3 atom stereocenters. The van der Waals surface area contributed by atoms with Crippen LogP contribution in [0.3, 0.4) is 0 Å². The Bertz CT molecular complexity index is 1020. The number of esters is 1. The largest absolute Gasteiger partial charge is 0.508 e. The first-order chi connectivity index (χ1) is 17.7. The summed E-state index contributed by atoms with van der Waals surface area (Å²) in [5.41, 5.74) is -0.0325. The number of phenols is 1. The zero-order valence-corrected chi connectivity index (χ0v) is 22.8. The third kappa shape index (κ3) is 8.63. The van der Waals surface area contributed by atoms with Crippen LogP contribution < -0.4 is 10.6 Å².